The highest BCUT2D eigenvalue weighted by atomic mass is 35.5. The zero-order valence-corrected chi connectivity index (χ0v) is 13.2. The normalized spacial score (nSPS) is 17.6. The van der Waals surface area contributed by atoms with Crippen molar-refractivity contribution in [3.05, 3.63) is 56.5 Å². The van der Waals surface area contributed by atoms with Crippen LogP contribution in [0, 0.1) is 17.5 Å². The van der Waals surface area contributed by atoms with Gasteiger partial charge in [-0.15, -0.1) is 11.3 Å². The lowest BCUT2D eigenvalue weighted by molar-refractivity contribution is 0.194. The fourth-order valence-electron chi connectivity index (χ4n) is 2.73. The maximum absolute atomic E-state index is 14.3. The molecule has 1 atom stereocenters. The van der Waals surface area contributed by atoms with Gasteiger partial charge in [-0.25, -0.2) is 13.2 Å². The second-order valence-electron chi connectivity index (χ2n) is 5.11. The minimum Gasteiger partial charge on any atom is -0.314 e. The summed E-state index contributed by atoms with van der Waals surface area (Å²) >= 11 is 7.26. The number of piperazine rings is 1. The summed E-state index contributed by atoms with van der Waals surface area (Å²) in [6.45, 7) is 2.77. The van der Waals surface area contributed by atoms with E-state index in [0.29, 0.717) is 17.4 Å². The van der Waals surface area contributed by atoms with Gasteiger partial charge in [-0.2, -0.15) is 0 Å². The van der Waals surface area contributed by atoms with Crippen LogP contribution in [0.15, 0.2) is 24.3 Å². The molecule has 0 bridgehead atoms. The predicted octanol–water partition coefficient (Wildman–Crippen LogP) is 3.81. The summed E-state index contributed by atoms with van der Waals surface area (Å²) in [6.07, 6.45) is 0. The maximum Gasteiger partial charge on any atom is 0.134 e. The number of hydrogen-bond acceptors (Lipinski definition) is 3. The Labute approximate surface area is 135 Å². The van der Waals surface area contributed by atoms with E-state index in [1.165, 1.54) is 11.3 Å². The highest BCUT2D eigenvalue weighted by molar-refractivity contribution is 7.16. The van der Waals surface area contributed by atoms with Gasteiger partial charge in [-0.1, -0.05) is 11.6 Å². The first-order valence-corrected chi connectivity index (χ1v) is 8.10. The molecule has 3 rings (SSSR count). The van der Waals surface area contributed by atoms with E-state index in [2.05, 4.69) is 5.32 Å². The Bertz CT molecular complexity index is 648. The first-order valence-electron chi connectivity index (χ1n) is 6.90. The average Bonchev–Trinajstić information content (AvgIpc) is 2.89. The molecule has 1 fully saturated rings. The van der Waals surface area contributed by atoms with Crippen molar-refractivity contribution in [3.63, 3.8) is 0 Å². The van der Waals surface area contributed by atoms with Crippen molar-refractivity contribution in [1.82, 2.24) is 10.2 Å². The molecule has 1 aliphatic heterocycles. The van der Waals surface area contributed by atoms with Crippen molar-refractivity contribution in [1.29, 1.82) is 0 Å². The molecule has 118 valence electrons. The van der Waals surface area contributed by atoms with Crippen LogP contribution < -0.4 is 5.32 Å². The van der Waals surface area contributed by atoms with Crippen molar-refractivity contribution in [2.45, 2.75) is 6.04 Å². The Hall–Kier alpha value is -1.08. The molecule has 1 aliphatic rings. The number of rotatable bonds is 3. The van der Waals surface area contributed by atoms with Gasteiger partial charge in [-0.3, -0.25) is 4.90 Å². The first-order chi connectivity index (χ1) is 10.6. The molecule has 1 saturated heterocycles. The number of hydrogen-bond donors (Lipinski definition) is 1. The SMILES string of the molecule is Fc1cc(F)c([C@@H](c2ccc(Cl)s2)N2CCNCC2)c(F)c1. The Morgan fingerprint density at radius 1 is 1.09 bits per heavy atom. The predicted molar refractivity (Wildman–Crippen MR) is 81.9 cm³/mol. The Balaban J connectivity index is 2.09. The van der Waals surface area contributed by atoms with E-state index in [1.54, 1.807) is 12.1 Å². The van der Waals surface area contributed by atoms with E-state index in [-0.39, 0.29) is 5.56 Å². The van der Waals surface area contributed by atoms with Crippen LogP contribution in [0.2, 0.25) is 4.34 Å². The topological polar surface area (TPSA) is 15.3 Å². The number of halogens is 4. The van der Waals surface area contributed by atoms with Crippen LogP contribution in [-0.2, 0) is 0 Å². The van der Waals surface area contributed by atoms with Gasteiger partial charge < -0.3 is 5.32 Å². The lowest BCUT2D eigenvalue weighted by atomic mass is 10.0. The maximum atomic E-state index is 14.3. The third-order valence-electron chi connectivity index (χ3n) is 3.70. The molecule has 22 heavy (non-hydrogen) atoms. The summed E-state index contributed by atoms with van der Waals surface area (Å²) < 4.78 is 42.3. The number of nitrogens with one attached hydrogen (secondary N) is 1. The van der Waals surface area contributed by atoms with Gasteiger partial charge in [0.05, 0.1) is 10.4 Å². The van der Waals surface area contributed by atoms with Crippen molar-refractivity contribution < 1.29 is 13.2 Å². The Kier molecular flexibility index (Phi) is 4.73. The molecule has 2 aromatic rings. The number of benzene rings is 1. The molecule has 2 nitrogen and oxygen atoms in total. The minimum absolute atomic E-state index is 0.123. The molecule has 1 aromatic carbocycles. The quantitative estimate of drug-likeness (QED) is 0.909. The van der Waals surface area contributed by atoms with Crippen molar-refractivity contribution in [3.8, 4) is 0 Å². The molecule has 0 radical (unpaired) electrons. The molecule has 0 unspecified atom stereocenters. The zero-order chi connectivity index (χ0) is 15.7. The van der Waals surface area contributed by atoms with E-state index in [1.807, 2.05) is 4.90 Å². The van der Waals surface area contributed by atoms with Gasteiger partial charge in [0, 0.05) is 48.8 Å². The summed E-state index contributed by atoms with van der Waals surface area (Å²) in [5.74, 6) is -2.65. The van der Waals surface area contributed by atoms with Crippen molar-refractivity contribution >= 4 is 22.9 Å². The molecular weight excluding hydrogens is 333 g/mol. The van der Waals surface area contributed by atoms with Crippen LogP contribution in [-0.4, -0.2) is 31.1 Å². The van der Waals surface area contributed by atoms with Crippen LogP contribution in [0.25, 0.3) is 0 Å². The second-order valence-corrected chi connectivity index (χ2v) is 6.86. The molecule has 2 heterocycles. The Morgan fingerprint density at radius 3 is 2.27 bits per heavy atom. The first kappa shape index (κ1) is 15.8. The Morgan fingerprint density at radius 2 is 1.73 bits per heavy atom. The summed E-state index contributed by atoms with van der Waals surface area (Å²) in [4.78, 5) is 2.73. The summed E-state index contributed by atoms with van der Waals surface area (Å²) in [5.41, 5.74) is -0.123. The number of thiophene rings is 1. The van der Waals surface area contributed by atoms with Gasteiger partial charge in [-0.05, 0) is 12.1 Å². The van der Waals surface area contributed by atoms with Crippen LogP contribution in [0.5, 0.6) is 0 Å². The molecule has 0 spiro atoms. The lowest BCUT2D eigenvalue weighted by Gasteiger charge is -2.35. The fraction of sp³-hybridized carbons (Fsp3) is 0.333. The molecule has 1 N–H and O–H groups in total. The summed E-state index contributed by atoms with van der Waals surface area (Å²) in [6, 6.07) is 4.32. The molecular formula is C15H14ClF3N2S. The van der Waals surface area contributed by atoms with E-state index in [4.69, 9.17) is 11.6 Å². The highest BCUT2D eigenvalue weighted by Crippen LogP contribution is 2.37. The van der Waals surface area contributed by atoms with Crippen LogP contribution in [0.3, 0.4) is 0 Å². The van der Waals surface area contributed by atoms with Crippen LogP contribution in [0.4, 0.5) is 13.2 Å². The van der Waals surface area contributed by atoms with Gasteiger partial charge in [0.2, 0.25) is 0 Å². The van der Waals surface area contributed by atoms with E-state index < -0.39 is 23.5 Å². The minimum atomic E-state index is -0.915. The average molecular weight is 347 g/mol. The third-order valence-corrected chi connectivity index (χ3v) is 4.98. The molecule has 1 aromatic heterocycles. The molecule has 0 aliphatic carbocycles. The fourth-order valence-corrected chi connectivity index (χ4v) is 3.94. The van der Waals surface area contributed by atoms with E-state index in [0.717, 1.165) is 30.1 Å². The van der Waals surface area contributed by atoms with Gasteiger partial charge in [0.25, 0.3) is 0 Å². The summed E-state index contributed by atoms with van der Waals surface area (Å²) in [5, 5.41) is 3.20. The van der Waals surface area contributed by atoms with E-state index >= 15 is 0 Å². The van der Waals surface area contributed by atoms with Crippen LogP contribution >= 0.6 is 22.9 Å². The third kappa shape index (κ3) is 3.15. The molecule has 0 amide bonds. The molecule has 7 heteroatoms. The van der Waals surface area contributed by atoms with Crippen molar-refractivity contribution in [2.75, 3.05) is 26.2 Å². The second kappa shape index (κ2) is 6.58. The van der Waals surface area contributed by atoms with Gasteiger partial charge >= 0.3 is 0 Å². The van der Waals surface area contributed by atoms with Crippen molar-refractivity contribution in [2.24, 2.45) is 0 Å². The smallest absolute Gasteiger partial charge is 0.134 e. The standard InChI is InChI=1S/C15H14ClF3N2S/c16-13-2-1-12(22-13)15(21-5-3-20-4-6-21)14-10(18)7-9(17)8-11(14)19/h1-2,7-8,15,20H,3-6H2/t15-/m1/s1. The highest BCUT2D eigenvalue weighted by Gasteiger charge is 2.30. The van der Waals surface area contributed by atoms with Crippen LogP contribution in [0.1, 0.15) is 16.5 Å². The summed E-state index contributed by atoms with van der Waals surface area (Å²) in [7, 11) is 0. The number of nitrogens with zero attached hydrogens (tertiary/aromatic N) is 1. The zero-order valence-electron chi connectivity index (χ0n) is 11.6. The largest absolute Gasteiger partial charge is 0.314 e. The van der Waals surface area contributed by atoms with Gasteiger partial charge in [0.15, 0.2) is 0 Å². The monoisotopic (exact) mass is 346 g/mol. The van der Waals surface area contributed by atoms with Gasteiger partial charge in [0.1, 0.15) is 17.5 Å². The lowest BCUT2D eigenvalue weighted by Crippen LogP contribution is -2.45. The van der Waals surface area contributed by atoms with E-state index in [9.17, 15) is 13.2 Å². The molecule has 0 saturated carbocycles.